The normalized spacial score (nSPS) is 12.6. The lowest BCUT2D eigenvalue weighted by atomic mass is 9.96. The van der Waals surface area contributed by atoms with E-state index in [-0.39, 0.29) is 6.10 Å². The highest BCUT2D eigenvalue weighted by Crippen LogP contribution is 2.23. The second-order valence-corrected chi connectivity index (χ2v) is 5.48. The number of benzene rings is 1. The van der Waals surface area contributed by atoms with Crippen molar-refractivity contribution in [3.63, 3.8) is 0 Å². The molecule has 0 saturated heterocycles. The van der Waals surface area contributed by atoms with Gasteiger partial charge in [0.1, 0.15) is 0 Å². The van der Waals surface area contributed by atoms with Crippen molar-refractivity contribution in [3.8, 4) is 0 Å². The predicted octanol–water partition coefficient (Wildman–Crippen LogP) is 5.42. The zero-order chi connectivity index (χ0) is 13.9. The quantitative estimate of drug-likeness (QED) is 0.558. The zero-order valence-corrected chi connectivity index (χ0v) is 12.7. The molecule has 19 heavy (non-hydrogen) atoms. The summed E-state index contributed by atoms with van der Waals surface area (Å²) in [6.45, 7) is 4.40. The first-order valence-corrected chi connectivity index (χ1v) is 8.05. The van der Waals surface area contributed by atoms with Crippen molar-refractivity contribution < 1.29 is 5.11 Å². The summed E-state index contributed by atoms with van der Waals surface area (Å²) < 4.78 is 0. The maximum Gasteiger partial charge on any atom is 0.0792 e. The Morgan fingerprint density at radius 1 is 0.895 bits per heavy atom. The summed E-state index contributed by atoms with van der Waals surface area (Å²) in [4.78, 5) is 0. The Morgan fingerprint density at radius 2 is 1.53 bits per heavy atom. The van der Waals surface area contributed by atoms with Crippen molar-refractivity contribution in [1.29, 1.82) is 0 Å². The van der Waals surface area contributed by atoms with Gasteiger partial charge in [0.15, 0.2) is 0 Å². The highest BCUT2D eigenvalue weighted by molar-refractivity contribution is 5.28. The molecule has 0 aliphatic heterocycles. The first kappa shape index (κ1) is 16.2. The smallest absolute Gasteiger partial charge is 0.0792 e. The van der Waals surface area contributed by atoms with E-state index >= 15 is 0 Å². The van der Waals surface area contributed by atoms with Gasteiger partial charge in [-0.25, -0.2) is 0 Å². The van der Waals surface area contributed by atoms with Crippen LogP contribution in [-0.2, 0) is 6.42 Å². The van der Waals surface area contributed by atoms with Gasteiger partial charge >= 0.3 is 0 Å². The van der Waals surface area contributed by atoms with Crippen LogP contribution in [0.3, 0.4) is 0 Å². The molecule has 1 aromatic rings. The van der Waals surface area contributed by atoms with Crippen LogP contribution in [0, 0.1) is 0 Å². The molecule has 0 amide bonds. The SMILES string of the molecule is CCCCCCCCCC(O)c1ccccc1CC. The molecule has 1 N–H and O–H groups in total. The van der Waals surface area contributed by atoms with Gasteiger partial charge in [-0.15, -0.1) is 0 Å². The van der Waals surface area contributed by atoms with Gasteiger partial charge in [-0.3, -0.25) is 0 Å². The number of aryl methyl sites for hydroxylation is 1. The number of hydrogen-bond donors (Lipinski definition) is 1. The summed E-state index contributed by atoms with van der Waals surface area (Å²) >= 11 is 0. The van der Waals surface area contributed by atoms with Crippen LogP contribution in [0.1, 0.15) is 82.4 Å². The number of aliphatic hydroxyl groups excluding tert-OH is 1. The minimum absolute atomic E-state index is 0.271. The molecular formula is C18H30O. The van der Waals surface area contributed by atoms with E-state index in [9.17, 15) is 5.11 Å². The van der Waals surface area contributed by atoms with E-state index < -0.39 is 0 Å². The van der Waals surface area contributed by atoms with Gasteiger partial charge in [0.05, 0.1) is 6.10 Å². The molecule has 1 atom stereocenters. The van der Waals surface area contributed by atoms with E-state index in [1.807, 2.05) is 6.07 Å². The summed E-state index contributed by atoms with van der Waals surface area (Å²) in [5.41, 5.74) is 2.42. The first-order chi connectivity index (χ1) is 9.29. The third-order valence-corrected chi connectivity index (χ3v) is 3.88. The standard InChI is InChI=1S/C18H30O/c1-3-5-6-7-8-9-10-15-18(19)17-14-12-11-13-16(17)4-2/h11-14,18-19H,3-10,15H2,1-2H3. The third-order valence-electron chi connectivity index (χ3n) is 3.88. The average molecular weight is 262 g/mol. The number of aliphatic hydroxyl groups is 1. The lowest BCUT2D eigenvalue weighted by Crippen LogP contribution is -2.01. The summed E-state index contributed by atoms with van der Waals surface area (Å²) in [5.74, 6) is 0. The van der Waals surface area contributed by atoms with E-state index in [2.05, 4.69) is 32.0 Å². The second kappa shape index (κ2) is 10.0. The van der Waals surface area contributed by atoms with E-state index in [0.717, 1.165) is 24.8 Å². The zero-order valence-electron chi connectivity index (χ0n) is 12.7. The molecule has 0 heterocycles. The molecule has 0 fully saturated rings. The number of unbranched alkanes of at least 4 members (excludes halogenated alkanes) is 6. The van der Waals surface area contributed by atoms with Gasteiger partial charge < -0.3 is 5.11 Å². The maximum atomic E-state index is 10.3. The molecule has 1 heteroatoms. The lowest BCUT2D eigenvalue weighted by Gasteiger charge is -2.14. The highest BCUT2D eigenvalue weighted by atomic mass is 16.3. The minimum atomic E-state index is -0.271. The van der Waals surface area contributed by atoms with Crippen LogP contribution in [0.15, 0.2) is 24.3 Å². The molecule has 1 aromatic carbocycles. The Bertz CT molecular complexity index is 332. The van der Waals surface area contributed by atoms with Crippen LogP contribution in [0.25, 0.3) is 0 Å². The highest BCUT2D eigenvalue weighted by Gasteiger charge is 2.10. The van der Waals surface area contributed by atoms with E-state index in [1.165, 1.54) is 44.1 Å². The van der Waals surface area contributed by atoms with Crippen LogP contribution in [0.5, 0.6) is 0 Å². The molecule has 0 aromatic heterocycles. The monoisotopic (exact) mass is 262 g/mol. The maximum absolute atomic E-state index is 10.3. The lowest BCUT2D eigenvalue weighted by molar-refractivity contribution is 0.162. The van der Waals surface area contributed by atoms with Crippen LogP contribution in [0.4, 0.5) is 0 Å². The van der Waals surface area contributed by atoms with Gasteiger partial charge in [-0.2, -0.15) is 0 Å². The van der Waals surface area contributed by atoms with Crippen molar-refractivity contribution in [1.82, 2.24) is 0 Å². The molecule has 0 spiro atoms. The van der Waals surface area contributed by atoms with Crippen molar-refractivity contribution in [3.05, 3.63) is 35.4 Å². The Morgan fingerprint density at radius 3 is 2.21 bits per heavy atom. The van der Waals surface area contributed by atoms with E-state index in [0.29, 0.717) is 0 Å². The van der Waals surface area contributed by atoms with Gasteiger partial charge in [0.2, 0.25) is 0 Å². The fourth-order valence-corrected chi connectivity index (χ4v) is 2.63. The van der Waals surface area contributed by atoms with E-state index in [1.54, 1.807) is 0 Å². The van der Waals surface area contributed by atoms with Gasteiger partial charge in [0, 0.05) is 0 Å². The Labute approximate surface area is 119 Å². The average Bonchev–Trinajstić information content (AvgIpc) is 2.46. The van der Waals surface area contributed by atoms with Gasteiger partial charge in [0.25, 0.3) is 0 Å². The number of hydrogen-bond acceptors (Lipinski definition) is 1. The van der Waals surface area contributed by atoms with Crippen LogP contribution >= 0.6 is 0 Å². The Kier molecular flexibility index (Phi) is 8.57. The van der Waals surface area contributed by atoms with Crippen LogP contribution in [0.2, 0.25) is 0 Å². The predicted molar refractivity (Wildman–Crippen MR) is 83.4 cm³/mol. The molecule has 0 aliphatic rings. The van der Waals surface area contributed by atoms with Gasteiger partial charge in [-0.1, -0.05) is 83.1 Å². The molecular weight excluding hydrogens is 232 g/mol. The molecule has 0 bridgehead atoms. The Hall–Kier alpha value is -0.820. The molecule has 1 unspecified atom stereocenters. The first-order valence-electron chi connectivity index (χ1n) is 8.05. The van der Waals surface area contributed by atoms with Crippen molar-refractivity contribution in [2.24, 2.45) is 0 Å². The molecule has 1 nitrogen and oxygen atoms in total. The molecule has 1 rings (SSSR count). The molecule has 0 radical (unpaired) electrons. The largest absolute Gasteiger partial charge is 0.388 e. The van der Waals surface area contributed by atoms with Crippen LogP contribution < -0.4 is 0 Å². The van der Waals surface area contributed by atoms with Crippen molar-refractivity contribution >= 4 is 0 Å². The molecule has 0 aliphatic carbocycles. The molecule has 0 saturated carbocycles. The summed E-state index contributed by atoms with van der Waals surface area (Å²) in [6, 6.07) is 8.29. The Balaban J connectivity index is 2.22. The fraction of sp³-hybridized carbons (Fsp3) is 0.667. The van der Waals surface area contributed by atoms with Crippen LogP contribution in [-0.4, -0.2) is 5.11 Å². The van der Waals surface area contributed by atoms with Crippen molar-refractivity contribution in [2.75, 3.05) is 0 Å². The van der Waals surface area contributed by atoms with Gasteiger partial charge in [-0.05, 0) is 24.0 Å². The molecule has 108 valence electrons. The topological polar surface area (TPSA) is 20.2 Å². The summed E-state index contributed by atoms with van der Waals surface area (Å²) in [7, 11) is 0. The third kappa shape index (κ3) is 6.24. The number of rotatable bonds is 10. The van der Waals surface area contributed by atoms with Crippen molar-refractivity contribution in [2.45, 2.75) is 77.7 Å². The fourth-order valence-electron chi connectivity index (χ4n) is 2.63. The van der Waals surface area contributed by atoms with E-state index in [4.69, 9.17) is 0 Å². The summed E-state index contributed by atoms with van der Waals surface area (Å²) in [5, 5.41) is 10.3. The summed E-state index contributed by atoms with van der Waals surface area (Å²) in [6.07, 6.45) is 10.8. The minimum Gasteiger partial charge on any atom is -0.388 e. The second-order valence-electron chi connectivity index (χ2n) is 5.48.